The summed E-state index contributed by atoms with van der Waals surface area (Å²) in [6.07, 6.45) is 6.84. The van der Waals surface area contributed by atoms with Gasteiger partial charge in [0.1, 0.15) is 0 Å². The molecule has 3 fully saturated rings. The maximum absolute atomic E-state index is 12.9. The molecule has 1 amide bonds. The molecule has 3 saturated heterocycles. The number of hydrogen-bond donors (Lipinski definition) is 1. The Kier molecular flexibility index (Phi) is 5.11. The van der Waals surface area contributed by atoms with Crippen LogP contribution >= 0.6 is 0 Å². The van der Waals surface area contributed by atoms with E-state index in [1.807, 2.05) is 0 Å². The molecule has 136 valence electrons. The van der Waals surface area contributed by atoms with E-state index in [1.165, 1.54) is 37.1 Å². The summed E-state index contributed by atoms with van der Waals surface area (Å²) < 4.78 is 5.52. The average Bonchev–Trinajstić information content (AvgIpc) is 3.36. The minimum Gasteiger partial charge on any atom is -0.381 e. The second kappa shape index (κ2) is 7.65. The summed E-state index contributed by atoms with van der Waals surface area (Å²) in [5.74, 6) is 0.0959. The molecule has 3 aliphatic heterocycles. The van der Waals surface area contributed by atoms with Gasteiger partial charge in [0.2, 0.25) is 5.91 Å². The van der Waals surface area contributed by atoms with E-state index in [2.05, 4.69) is 33.3 Å². The zero-order valence-electron chi connectivity index (χ0n) is 15.0. The molecule has 0 spiro atoms. The lowest BCUT2D eigenvalue weighted by atomic mass is 10.0. The van der Waals surface area contributed by atoms with Gasteiger partial charge in [0.25, 0.3) is 0 Å². The zero-order valence-corrected chi connectivity index (χ0v) is 15.0. The normalized spacial score (nSPS) is 23.9. The molecule has 25 heavy (non-hydrogen) atoms. The second-order valence-corrected chi connectivity index (χ2v) is 7.46. The molecule has 0 aromatic heterocycles. The summed E-state index contributed by atoms with van der Waals surface area (Å²) in [5, 5.41) is 3.30. The number of nitrogens with zero attached hydrogens (tertiary/aromatic N) is 2. The van der Waals surface area contributed by atoms with Crippen LogP contribution in [0.15, 0.2) is 18.2 Å². The number of anilines is 3. The Balaban J connectivity index is 1.62. The van der Waals surface area contributed by atoms with Crippen molar-refractivity contribution in [1.29, 1.82) is 0 Å². The van der Waals surface area contributed by atoms with Gasteiger partial charge in [-0.05, 0) is 50.7 Å². The molecule has 3 heterocycles. The predicted molar refractivity (Wildman–Crippen MR) is 102 cm³/mol. The predicted octanol–water partition coefficient (Wildman–Crippen LogP) is 3.25. The van der Waals surface area contributed by atoms with E-state index in [0.717, 1.165) is 51.3 Å². The van der Waals surface area contributed by atoms with E-state index in [-0.39, 0.29) is 11.8 Å². The molecule has 0 bridgehead atoms. The Labute approximate surface area is 150 Å². The van der Waals surface area contributed by atoms with E-state index in [9.17, 15) is 4.79 Å². The van der Waals surface area contributed by atoms with Crippen LogP contribution in [-0.2, 0) is 9.53 Å². The van der Waals surface area contributed by atoms with Crippen LogP contribution in [0.4, 0.5) is 17.1 Å². The molecule has 0 unspecified atom stereocenters. The van der Waals surface area contributed by atoms with Crippen molar-refractivity contribution in [2.75, 3.05) is 54.5 Å². The number of benzene rings is 1. The minimum atomic E-state index is -0.0215. The third-order valence-corrected chi connectivity index (χ3v) is 5.69. The molecular weight excluding hydrogens is 314 g/mol. The Bertz CT molecular complexity index is 567. The first-order valence-electron chi connectivity index (χ1n) is 9.84. The molecule has 1 aromatic carbocycles. The number of hydrogen-bond acceptors (Lipinski definition) is 4. The maximum Gasteiger partial charge on any atom is 0.229 e. The third kappa shape index (κ3) is 3.61. The first kappa shape index (κ1) is 16.7. The van der Waals surface area contributed by atoms with E-state index >= 15 is 0 Å². The average molecular weight is 343 g/mol. The number of ether oxygens (including phenoxy) is 1. The van der Waals surface area contributed by atoms with Gasteiger partial charge < -0.3 is 19.9 Å². The van der Waals surface area contributed by atoms with Crippen LogP contribution in [0.25, 0.3) is 0 Å². The van der Waals surface area contributed by atoms with Gasteiger partial charge in [-0.25, -0.2) is 0 Å². The van der Waals surface area contributed by atoms with Gasteiger partial charge in [-0.3, -0.25) is 4.79 Å². The molecule has 5 heteroatoms. The van der Waals surface area contributed by atoms with E-state index < -0.39 is 0 Å². The fourth-order valence-corrected chi connectivity index (χ4v) is 4.27. The lowest BCUT2D eigenvalue weighted by Gasteiger charge is -2.29. The molecule has 3 aliphatic rings. The van der Waals surface area contributed by atoms with Crippen molar-refractivity contribution in [3.05, 3.63) is 18.2 Å². The first-order chi connectivity index (χ1) is 12.3. The smallest absolute Gasteiger partial charge is 0.229 e. The first-order valence-corrected chi connectivity index (χ1v) is 9.84. The van der Waals surface area contributed by atoms with Gasteiger partial charge in [0, 0.05) is 32.8 Å². The number of carbonyl (C=O) groups is 1. The molecule has 0 saturated carbocycles. The number of amides is 1. The Hall–Kier alpha value is -1.75. The zero-order chi connectivity index (χ0) is 17.1. The second-order valence-electron chi connectivity index (χ2n) is 7.46. The lowest BCUT2D eigenvalue weighted by Crippen LogP contribution is -2.32. The fraction of sp³-hybridized carbons (Fsp3) is 0.650. The highest BCUT2D eigenvalue weighted by molar-refractivity contribution is 6.00. The number of nitrogens with one attached hydrogen (secondary N) is 1. The van der Waals surface area contributed by atoms with Crippen LogP contribution in [0.3, 0.4) is 0 Å². The van der Waals surface area contributed by atoms with Crippen LogP contribution in [0.1, 0.15) is 38.5 Å². The molecule has 1 N–H and O–H groups in total. The summed E-state index contributed by atoms with van der Waals surface area (Å²) in [6.45, 7) is 5.67. The Morgan fingerprint density at radius 1 is 0.960 bits per heavy atom. The Morgan fingerprint density at radius 3 is 2.08 bits per heavy atom. The largest absolute Gasteiger partial charge is 0.381 e. The highest BCUT2D eigenvalue weighted by Gasteiger charge is 2.27. The van der Waals surface area contributed by atoms with Crippen molar-refractivity contribution in [3.8, 4) is 0 Å². The van der Waals surface area contributed by atoms with E-state index in [0.29, 0.717) is 6.61 Å². The van der Waals surface area contributed by atoms with Gasteiger partial charge in [0.05, 0.1) is 29.6 Å². The third-order valence-electron chi connectivity index (χ3n) is 5.69. The summed E-state index contributed by atoms with van der Waals surface area (Å²) in [6, 6.07) is 6.47. The van der Waals surface area contributed by atoms with Crippen LogP contribution in [0, 0.1) is 5.92 Å². The maximum atomic E-state index is 12.9. The standard InChI is InChI=1S/C20H29N3O2/c24-20(16-7-6-14-25-15-16)21-19-17(22-10-1-2-11-22)8-5-9-18(19)23-12-3-4-13-23/h5,8-9,16H,1-4,6-7,10-15H2,(H,21,24)/t16-/m1/s1. The SMILES string of the molecule is O=C(Nc1c(N2CCCC2)cccc1N1CCCC1)[C@@H]1CCCOC1. The van der Waals surface area contributed by atoms with E-state index in [1.54, 1.807) is 0 Å². The number of para-hydroxylation sites is 1. The van der Waals surface area contributed by atoms with Crippen molar-refractivity contribution in [2.45, 2.75) is 38.5 Å². The summed E-state index contributed by atoms with van der Waals surface area (Å²) in [5.41, 5.74) is 3.39. The van der Waals surface area contributed by atoms with Crippen LogP contribution in [-0.4, -0.2) is 45.3 Å². The molecule has 0 radical (unpaired) electrons. The van der Waals surface area contributed by atoms with Gasteiger partial charge >= 0.3 is 0 Å². The molecule has 0 aliphatic carbocycles. The topological polar surface area (TPSA) is 44.8 Å². The number of rotatable bonds is 4. The summed E-state index contributed by atoms with van der Waals surface area (Å²) in [7, 11) is 0. The van der Waals surface area contributed by atoms with Crippen molar-refractivity contribution in [1.82, 2.24) is 0 Å². The summed E-state index contributed by atoms with van der Waals surface area (Å²) >= 11 is 0. The van der Waals surface area contributed by atoms with Crippen molar-refractivity contribution >= 4 is 23.0 Å². The van der Waals surface area contributed by atoms with E-state index in [4.69, 9.17) is 4.74 Å². The van der Waals surface area contributed by atoms with Crippen molar-refractivity contribution in [3.63, 3.8) is 0 Å². The quantitative estimate of drug-likeness (QED) is 0.911. The van der Waals surface area contributed by atoms with Gasteiger partial charge in [-0.2, -0.15) is 0 Å². The molecule has 5 nitrogen and oxygen atoms in total. The lowest BCUT2D eigenvalue weighted by molar-refractivity contribution is -0.123. The highest BCUT2D eigenvalue weighted by atomic mass is 16.5. The fourth-order valence-electron chi connectivity index (χ4n) is 4.27. The number of carbonyl (C=O) groups excluding carboxylic acids is 1. The van der Waals surface area contributed by atoms with Crippen molar-refractivity contribution in [2.24, 2.45) is 5.92 Å². The highest BCUT2D eigenvalue weighted by Crippen LogP contribution is 2.39. The summed E-state index contributed by atoms with van der Waals surface area (Å²) in [4.78, 5) is 17.7. The van der Waals surface area contributed by atoms with Gasteiger partial charge in [-0.1, -0.05) is 6.07 Å². The molecule has 1 aromatic rings. The van der Waals surface area contributed by atoms with Crippen LogP contribution in [0.5, 0.6) is 0 Å². The molecule has 4 rings (SSSR count). The molecular formula is C20H29N3O2. The minimum absolute atomic E-state index is 0.0215. The molecule has 1 atom stereocenters. The van der Waals surface area contributed by atoms with Crippen LogP contribution in [0.2, 0.25) is 0 Å². The van der Waals surface area contributed by atoms with Gasteiger partial charge in [-0.15, -0.1) is 0 Å². The van der Waals surface area contributed by atoms with Crippen LogP contribution < -0.4 is 15.1 Å². The monoisotopic (exact) mass is 343 g/mol. The Morgan fingerprint density at radius 2 is 1.56 bits per heavy atom. The van der Waals surface area contributed by atoms with Crippen molar-refractivity contribution < 1.29 is 9.53 Å². The van der Waals surface area contributed by atoms with Gasteiger partial charge in [0.15, 0.2) is 0 Å².